The van der Waals surface area contributed by atoms with Crippen LogP contribution in [0.15, 0.2) is 42.6 Å². The van der Waals surface area contributed by atoms with E-state index in [0.717, 1.165) is 37.2 Å². The molecule has 1 aliphatic heterocycles. The van der Waals surface area contributed by atoms with E-state index in [4.69, 9.17) is 5.11 Å². The molecular formula is C20H23N3O3. The first-order valence-electron chi connectivity index (χ1n) is 8.78. The molecular weight excluding hydrogens is 330 g/mol. The number of nitrogens with zero attached hydrogens (tertiary/aromatic N) is 2. The Morgan fingerprint density at radius 2 is 2.15 bits per heavy atom. The Bertz CT molecular complexity index is 806. The third-order valence-corrected chi connectivity index (χ3v) is 4.67. The Morgan fingerprint density at radius 3 is 2.92 bits per heavy atom. The number of aromatic nitrogens is 1. The van der Waals surface area contributed by atoms with E-state index in [9.17, 15) is 9.59 Å². The number of nitrogens with one attached hydrogen (secondary N) is 1. The highest BCUT2D eigenvalue weighted by molar-refractivity contribution is 5.87. The molecule has 0 bridgehead atoms. The first-order valence-corrected chi connectivity index (χ1v) is 8.78. The number of hydrogen-bond acceptors (Lipinski definition) is 4. The number of rotatable bonds is 6. The van der Waals surface area contributed by atoms with Gasteiger partial charge in [0.1, 0.15) is 0 Å². The van der Waals surface area contributed by atoms with E-state index < -0.39 is 5.97 Å². The molecule has 26 heavy (non-hydrogen) atoms. The van der Waals surface area contributed by atoms with Crippen LogP contribution >= 0.6 is 0 Å². The summed E-state index contributed by atoms with van der Waals surface area (Å²) in [5, 5.41) is 11.9. The second-order valence-electron chi connectivity index (χ2n) is 6.62. The van der Waals surface area contributed by atoms with Crippen LogP contribution in [0.5, 0.6) is 0 Å². The molecule has 3 rings (SSSR count). The molecule has 6 heteroatoms. The van der Waals surface area contributed by atoms with E-state index in [-0.39, 0.29) is 11.9 Å². The van der Waals surface area contributed by atoms with Crippen molar-refractivity contribution in [3.8, 4) is 0 Å². The van der Waals surface area contributed by atoms with Gasteiger partial charge in [-0.25, -0.2) is 4.79 Å². The second kappa shape index (κ2) is 8.10. The number of carboxylic acid groups (broad SMARTS) is 1. The monoisotopic (exact) mass is 353 g/mol. The maximum absolute atomic E-state index is 11.2. The summed E-state index contributed by atoms with van der Waals surface area (Å²) in [5.41, 5.74) is 3.36. The predicted molar refractivity (Wildman–Crippen MR) is 97.5 cm³/mol. The molecule has 0 spiro atoms. The first-order chi connectivity index (χ1) is 12.5. The first kappa shape index (κ1) is 18.1. The van der Waals surface area contributed by atoms with Gasteiger partial charge in [-0.05, 0) is 54.8 Å². The van der Waals surface area contributed by atoms with Gasteiger partial charge < -0.3 is 10.4 Å². The van der Waals surface area contributed by atoms with Crippen molar-refractivity contribution >= 4 is 11.9 Å². The third-order valence-electron chi connectivity index (χ3n) is 4.67. The summed E-state index contributed by atoms with van der Waals surface area (Å²) >= 11 is 0. The molecule has 1 fully saturated rings. The Labute approximate surface area is 152 Å². The van der Waals surface area contributed by atoms with Crippen molar-refractivity contribution in [1.29, 1.82) is 0 Å². The zero-order valence-corrected chi connectivity index (χ0v) is 14.8. The summed E-state index contributed by atoms with van der Waals surface area (Å²) < 4.78 is 0. The number of amides is 1. The normalized spacial score (nSPS) is 17.2. The quantitative estimate of drug-likeness (QED) is 0.834. The third kappa shape index (κ3) is 4.46. The van der Waals surface area contributed by atoms with E-state index in [1.165, 1.54) is 12.5 Å². The molecule has 2 aromatic rings. The molecule has 1 aliphatic rings. The molecule has 0 radical (unpaired) electrons. The van der Waals surface area contributed by atoms with Gasteiger partial charge in [0.2, 0.25) is 5.91 Å². The van der Waals surface area contributed by atoms with Gasteiger partial charge in [-0.1, -0.05) is 12.1 Å². The summed E-state index contributed by atoms with van der Waals surface area (Å²) in [6.07, 6.45) is 3.95. The van der Waals surface area contributed by atoms with Crippen LogP contribution in [0.1, 0.15) is 53.0 Å². The highest BCUT2D eigenvalue weighted by Gasteiger charge is 2.26. The SMILES string of the molecule is CC(=O)NCc1cc([C@@H]2CCCN2Cc2cccc(C(=O)O)c2)ccn1. The fourth-order valence-corrected chi connectivity index (χ4v) is 3.45. The van der Waals surface area contributed by atoms with Gasteiger partial charge in [0.15, 0.2) is 0 Å². The molecule has 2 heterocycles. The Morgan fingerprint density at radius 1 is 1.31 bits per heavy atom. The zero-order valence-electron chi connectivity index (χ0n) is 14.8. The second-order valence-corrected chi connectivity index (χ2v) is 6.62. The number of aromatic carboxylic acids is 1. The van der Waals surface area contributed by atoms with Gasteiger partial charge in [0, 0.05) is 25.7 Å². The van der Waals surface area contributed by atoms with Crippen LogP contribution in [0, 0.1) is 0 Å². The van der Waals surface area contributed by atoms with Crippen LogP contribution in [0.25, 0.3) is 0 Å². The predicted octanol–water partition coefficient (Wildman–Crippen LogP) is 2.75. The van der Waals surface area contributed by atoms with Crippen molar-refractivity contribution in [3.63, 3.8) is 0 Å². The van der Waals surface area contributed by atoms with Gasteiger partial charge in [-0.2, -0.15) is 0 Å². The van der Waals surface area contributed by atoms with Gasteiger partial charge in [-0.3, -0.25) is 14.7 Å². The van der Waals surface area contributed by atoms with Gasteiger partial charge >= 0.3 is 5.97 Å². The summed E-state index contributed by atoms with van der Waals surface area (Å²) in [7, 11) is 0. The number of carboxylic acids is 1. The summed E-state index contributed by atoms with van der Waals surface area (Å²) in [5.74, 6) is -0.973. The minimum absolute atomic E-state index is 0.0713. The number of carbonyl (C=O) groups is 2. The Balaban J connectivity index is 1.74. The average molecular weight is 353 g/mol. The standard InChI is InChI=1S/C20H23N3O3/c1-14(24)22-12-18-11-16(7-8-21-18)19-6-3-9-23(19)13-15-4-2-5-17(10-15)20(25)26/h2,4-5,7-8,10-11,19H,3,6,9,12-13H2,1H3,(H,22,24)(H,25,26)/t19-/m0/s1. The van der Waals surface area contributed by atoms with Gasteiger partial charge in [0.25, 0.3) is 0 Å². The van der Waals surface area contributed by atoms with Crippen molar-refractivity contribution < 1.29 is 14.7 Å². The van der Waals surface area contributed by atoms with E-state index in [1.54, 1.807) is 24.4 Å². The largest absolute Gasteiger partial charge is 0.478 e. The van der Waals surface area contributed by atoms with E-state index in [0.29, 0.717) is 12.1 Å². The number of carbonyl (C=O) groups excluding carboxylic acids is 1. The summed E-state index contributed by atoms with van der Waals surface area (Å²) in [4.78, 5) is 29.0. The minimum atomic E-state index is -0.901. The van der Waals surface area contributed by atoms with Crippen molar-refractivity contribution in [1.82, 2.24) is 15.2 Å². The van der Waals surface area contributed by atoms with Crippen molar-refractivity contribution in [2.24, 2.45) is 0 Å². The molecule has 136 valence electrons. The number of likely N-dealkylation sites (tertiary alicyclic amines) is 1. The maximum atomic E-state index is 11.2. The lowest BCUT2D eigenvalue weighted by molar-refractivity contribution is -0.119. The highest BCUT2D eigenvalue weighted by Crippen LogP contribution is 2.33. The smallest absolute Gasteiger partial charge is 0.335 e. The van der Waals surface area contributed by atoms with Crippen LogP contribution in [-0.4, -0.2) is 33.4 Å². The van der Waals surface area contributed by atoms with E-state index in [1.807, 2.05) is 18.2 Å². The Hall–Kier alpha value is -2.73. The molecule has 0 unspecified atom stereocenters. The fourth-order valence-electron chi connectivity index (χ4n) is 3.45. The van der Waals surface area contributed by atoms with Gasteiger partial charge in [-0.15, -0.1) is 0 Å². The van der Waals surface area contributed by atoms with Crippen LogP contribution in [0.3, 0.4) is 0 Å². The summed E-state index contributed by atoms with van der Waals surface area (Å²) in [6.45, 7) is 3.62. The zero-order chi connectivity index (χ0) is 18.5. The van der Waals surface area contributed by atoms with Gasteiger partial charge in [0.05, 0.1) is 17.8 Å². The van der Waals surface area contributed by atoms with Crippen LogP contribution < -0.4 is 5.32 Å². The van der Waals surface area contributed by atoms with Crippen LogP contribution in [0.2, 0.25) is 0 Å². The van der Waals surface area contributed by atoms with Crippen LogP contribution in [0.4, 0.5) is 0 Å². The lowest BCUT2D eigenvalue weighted by Gasteiger charge is -2.25. The van der Waals surface area contributed by atoms with Crippen molar-refractivity contribution in [2.75, 3.05) is 6.54 Å². The molecule has 0 aliphatic carbocycles. The molecule has 1 aromatic carbocycles. The molecule has 0 saturated carbocycles. The lowest BCUT2D eigenvalue weighted by atomic mass is 10.0. The maximum Gasteiger partial charge on any atom is 0.335 e. The van der Waals surface area contributed by atoms with Crippen LogP contribution in [-0.2, 0) is 17.9 Å². The number of pyridine rings is 1. The molecule has 2 N–H and O–H groups in total. The Kier molecular flexibility index (Phi) is 5.63. The average Bonchev–Trinajstić information content (AvgIpc) is 3.08. The molecule has 1 saturated heterocycles. The van der Waals surface area contributed by atoms with E-state index >= 15 is 0 Å². The molecule has 1 amide bonds. The topological polar surface area (TPSA) is 82.5 Å². The van der Waals surface area contributed by atoms with Crippen molar-refractivity contribution in [2.45, 2.75) is 38.9 Å². The molecule has 1 aromatic heterocycles. The molecule has 1 atom stereocenters. The lowest BCUT2D eigenvalue weighted by Crippen LogP contribution is -2.24. The fraction of sp³-hybridized carbons (Fsp3) is 0.350. The summed E-state index contributed by atoms with van der Waals surface area (Å²) in [6, 6.07) is 11.5. The number of hydrogen-bond donors (Lipinski definition) is 2. The highest BCUT2D eigenvalue weighted by atomic mass is 16.4. The van der Waals surface area contributed by atoms with E-state index in [2.05, 4.69) is 15.2 Å². The van der Waals surface area contributed by atoms with Crippen molar-refractivity contribution in [3.05, 3.63) is 65.0 Å². The minimum Gasteiger partial charge on any atom is -0.478 e. The molecule has 6 nitrogen and oxygen atoms in total. The number of benzene rings is 1.